The largest absolute Gasteiger partial charge is 0.356 e. The van der Waals surface area contributed by atoms with Crippen LogP contribution in [0.4, 0.5) is 5.82 Å². The molecular formula is C14H18N8S. The molecule has 120 valence electrons. The monoisotopic (exact) mass is 330 g/mol. The molecule has 0 aliphatic carbocycles. The summed E-state index contributed by atoms with van der Waals surface area (Å²) in [6.45, 7) is 4.82. The number of nitrogens with one attached hydrogen (secondary N) is 2. The normalized spacial score (nSPS) is 16.3. The Balaban J connectivity index is 1.55. The second kappa shape index (κ2) is 5.73. The Bertz CT molecular complexity index is 870. The molecule has 8 nitrogen and oxygen atoms in total. The summed E-state index contributed by atoms with van der Waals surface area (Å²) in [6, 6.07) is 0. The predicted octanol–water partition coefficient (Wildman–Crippen LogP) is 2.01. The zero-order chi connectivity index (χ0) is 15.8. The van der Waals surface area contributed by atoms with Crippen LogP contribution >= 0.6 is 12.2 Å². The first kappa shape index (κ1) is 14.3. The molecule has 4 rings (SSSR count). The van der Waals surface area contributed by atoms with Crippen molar-refractivity contribution in [2.24, 2.45) is 0 Å². The summed E-state index contributed by atoms with van der Waals surface area (Å²) in [7, 11) is 0. The smallest absolute Gasteiger partial charge is 0.195 e. The number of H-pyrrole nitrogens is 2. The molecule has 0 radical (unpaired) electrons. The van der Waals surface area contributed by atoms with E-state index in [1.807, 2.05) is 0 Å². The summed E-state index contributed by atoms with van der Waals surface area (Å²) < 4.78 is 2.80. The maximum atomic E-state index is 5.29. The van der Waals surface area contributed by atoms with Crippen LogP contribution < -0.4 is 4.90 Å². The standard InChI is InChI=1S/C14H18N8S/c1-2-22-12(19-20-14(22)23)9-3-5-21(6-4-9)13-10-7-17-18-11(10)15-8-16-13/h7-9H,2-6H2,1H3,(H,20,23)(H,15,16,17,18). The van der Waals surface area contributed by atoms with Gasteiger partial charge in [-0.3, -0.25) is 10.2 Å². The van der Waals surface area contributed by atoms with Gasteiger partial charge in [-0.05, 0) is 32.0 Å². The second-order valence-corrected chi connectivity index (χ2v) is 6.11. The number of piperidine rings is 1. The summed E-state index contributed by atoms with van der Waals surface area (Å²) in [6.07, 6.45) is 5.44. The van der Waals surface area contributed by atoms with Gasteiger partial charge in [0.1, 0.15) is 18.0 Å². The molecule has 3 aromatic heterocycles. The fourth-order valence-corrected chi connectivity index (χ4v) is 3.57. The van der Waals surface area contributed by atoms with Crippen molar-refractivity contribution in [3.05, 3.63) is 23.1 Å². The van der Waals surface area contributed by atoms with Crippen molar-refractivity contribution >= 4 is 29.1 Å². The van der Waals surface area contributed by atoms with E-state index < -0.39 is 0 Å². The van der Waals surface area contributed by atoms with Crippen molar-refractivity contribution in [1.82, 2.24) is 34.9 Å². The highest BCUT2D eigenvalue weighted by atomic mass is 32.1. The van der Waals surface area contributed by atoms with Gasteiger partial charge in [-0.15, -0.1) is 0 Å². The minimum Gasteiger partial charge on any atom is -0.356 e. The van der Waals surface area contributed by atoms with Gasteiger partial charge >= 0.3 is 0 Å². The molecule has 1 aliphatic rings. The summed E-state index contributed by atoms with van der Waals surface area (Å²) in [4.78, 5) is 10.9. The van der Waals surface area contributed by atoms with Crippen molar-refractivity contribution in [2.75, 3.05) is 18.0 Å². The molecule has 1 aliphatic heterocycles. The van der Waals surface area contributed by atoms with E-state index in [9.17, 15) is 0 Å². The summed E-state index contributed by atoms with van der Waals surface area (Å²) in [5.41, 5.74) is 0.781. The number of hydrogen-bond donors (Lipinski definition) is 2. The first-order valence-electron chi connectivity index (χ1n) is 7.82. The van der Waals surface area contributed by atoms with Gasteiger partial charge in [-0.2, -0.15) is 10.2 Å². The van der Waals surface area contributed by atoms with Gasteiger partial charge in [0.25, 0.3) is 0 Å². The molecule has 0 atom stereocenters. The zero-order valence-corrected chi connectivity index (χ0v) is 13.7. The lowest BCUT2D eigenvalue weighted by Gasteiger charge is -2.32. The highest BCUT2D eigenvalue weighted by molar-refractivity contribution is 7.71. The van der Waals surface area contributed by atoms with E-state index in [1.54, 1.807) is 12.5 Å². The molecule has 2 N–H and O–H groups in total. The Kier molecular flexibility index (Phi) is 3.56. The van der Waals surface area contributed by atoms with E-state index in [1.165, 1.54) is 0 Å². The number of nitrogens with zero attached hydrogens (tertiary/aromatic N) is 6. The van der Waals surface area contributed by atoms with Gasteiger partial charge < -0.3 is 9.47 Å². The van der Waals surface area contributed by atoms with E-state index >= 15 is 0 Å². The van der Waals surface area contributed by atoms with Crippen LogP contribution in [0.2, 0.25) is 0 Å². The molecule has 0 amide bonds. The van der Waals surface area contributed by atoms with Crippen molar-refractivity contribution in [3.63, 3.8) is 0 Å². The minimum absolute atomic E-state index is 0.431. The van der Waals surface area contributed by atoms with E-state index in [0.717, 1.165) is 55.2 Å². The lowest BCUT2D eigenvalue weighted by Crippen LogP contribution is -2.34. The molecule has 4 heterocycles. The number of hydrogen-bond acceptors (Lipinski definition) is 6. The third-order valence-corrected chi connectivity index (χ3v) is 4.80. The topological polar surface area (TPSA) is 91.3 Å². The fraction of sp³-hybridized carbons (Fsp3) is 0.500. The Hall–Kier alpha value is -2.29. The van der Waals surface area contributed by atoms with Crippen LogP contribution in [-0.4, -0.2) is 48.0 Å². The van der Waals surface area contributed by atoms with Crippen LogP contribution in [0.3, 0.4) is 0 Å². The van der Waals surface area contributed by atoms with Crippen LogP contribution in [-0.2, 0) is 6.54 Å². The lowest BCUT2D eigenvalue weighted by atomic mass is 9.96. The molecule has 0 aromatic carbocycles. The maximum absolute atomic E-state index is 5.29. The van der Waals surface area contributed by atoms with Crippen molar-refractivity contribution in [1.29, 1.82) is 0 Å². The van der Waals surface area contributed by atoms with E-state index in [4.69, 9.17) is 12.2 Å². The molecule has 0 unspecified atom stereocenters. The summed E-state index contributed by atoms with van der Waals surface area (Å²) in [5.74, 6) is 2.46. The van der Waals surface area contributed by atoms with Gasteiger partial charge in [0.2, 0.25) is 0 Å². The Morgan fingerprint density at radius 2 is 2.09 bits per heavy atom. The summed E-state index contributed by atoms with van der Waals surface area (Å²) in [5, 5.41) is 15.3. The Morgan fingerprint density at radius 1 is 1.26 bits per heavy atom. The number of aromatic amines is 2. The number of anilines is 1. The van der Waals surface area contributed by atoms with E-state index in [-0.39, 0.29) is 0 Å². The quantitative estimate of drug-likeness (QED) is 0.714. The molecule has 23 heavy (non-hydrogen) atoms. The minimum atomic E-state index is 0.431. The van der Waals surface area contributed by atoms with Crippen molar-refractivity contribution < 1.29 is 0 Å². The molecule has 1 fully saturated rings. The van der Waals surface area contributed by atoms with Crippen LogP contribution in [0.1, 0.15) is 31.5 Å². The molecule has 3 aromatic rings. The highest BCUT2D eigenvalue weighted by Gasteiger charge is 2.26. The molecule has 0 bridgehead atoms. The van der Waals surface area contributed by atoms with Crippen LogP contribution in [0.25, 0.3) is 11.0 Å². The summed E-state index contributed by atoms with van der Waals surface area (Å²) >= 11 is 5.29. The molecule has 0 spiro atoms. The predicted molar refractivity (Wildman–Crippen MR) is 89.0 cm³/mol. The van der Waals surface area contributed by atoms with Gasteiger partial charge in [-0.1, -0.05) is 0 Å². The van der Waals surface area contributed by atoms with Crippen molar-refractivity contribution in [2.45, 2.75) is 32.2 Å². The first-order valence-corrected chi connectivity index (χ1v) is 8.23. The zero-order valence-electron chi connectivity index (χ0n) is 12.9. The highest BCUT2D eigenvalue weighted by Crippen LogP contribution is 2.30. The first-order chi connectivity index (χ1) is 11.3. The Morgan fingerprint density at radius 3 is 2.87 bits per heavy atom. The molecular weight excluding hydrogens is 312 g/mol. The number of fused-ring (bicyclic) bond motifs is 1. The van der Waals surface area contributed by atoms with Crippen molar-refractivity contribution in [3.8, 4) is 0 Å². The third kappa shape index (κ3) is 2.40. The number of rotatable bonds is 3. The third-order valence-electron chi connectivity index (χ3n) is 4.49. The fourth-order valence-electron chi connectivity index (χ4n) is 3.30. The average molecular weight is 330 g/mol. The number of aromatic nitrogens is 7. The van der Waals surface area contributed by atoms with E-state index in [0.29, 0.717) is 10.7 Å². The average Bonchev–Trinajstić information content (AvgIpc) is 3.20. The molecule has 9 heteroatoms. The van der Waals surface area contributed by atoms with Gasteiger partial charge in [-0.25, -0.2) is 9.97 Å². The SMILES string of the molecule is CCn1c(C2CCN(c3ncnc4[nH]ncc34)CC2)n[nH]c1=S. The van der Waals surface area contributed by atoms with Gasteiger partial charge in [0.15, 0.2) is 10.4 Å². The second-order valence-electron chi connectivity index (χ2n) is 5.72. The lowest BCUT2D eigenvalue weighted by molar-refractivity contribution is 0.465. The molecule has 1 saturated heterocycles. The Labute approximate surface area is 138 Å². The van der Waals surface area contributed by atoms with Crippen LogP contribution in [0.15, 0.2) is 12.5 Å². The van der Waals surface area contributed by atoms with Crippen LogP contribution in [0, 0.1) is 4.77 Å². The van der Waals surface area contributed by atoms with E-state index in [2.05, 4.69) is 46.8 Å². The molecule has 0 saturated carbocycles. The van der Waals surface area contributed by atoms with Gasteiger partial charge in [0, 0.05) is 25.6 Å². The van der Waals surface area contributed by atoms with Crippen LogP contribution in [0.5, 0.6) is 0 Å². The maximum Gasteiger partial charge on any atom is 0.195 e. The van der Waals surface area contributed by atoms with Gasteiger partial charge in [0.05, 0.1) is 11.6 Å².